The van der Waals surface area contributed by atoms with E-state index in [2.05, 4.69) is 9.97 Å². The second-order valence-electron chi connectivity index (χ2n) is 6.52. The van der Waals surface area contributed by atoms with E-state index in [4.69, 9.17) is 0 Å². The van der Waals surface area contributed by atoms with Crippen molar-refractivity contribution in [2.75, 3.05) is 0 Å². The number of halogens is 3. The van der Waals surface area contributed by atoms with Gasteiger partial charge in [0.05, 0.1) is 17.8 Å². The topological polar surface area (TPSA) is 50.7 Å². The number of hydrogen-bond donors (Lipinski definition) is 1. The molecule has 0 bridgehead atoms. The van der Waals surface area contributed by atoms with Gasteiger partial charge < -0.3 is 4.98 Å². The highest BCUT2D eigenvalue weighted by molar-refractivity contribution is 5.60. The van der Waals surface area contributed by atoms with Gasteiger partial charge >= 0.3 is 6.18 Å². The molecule has 28 heavy (non-hydrogen) atoms. The third-order valence-corrected chi connectivity index (χ3v) is 4.42. The van der Waals surface area contributed by atoms with E-state index >= 15 is 0 Å². The number of nitrogens with one attached hydrogen (secondary N) is 1. The summed E-state index contributed by atoms with van der Waals surface area (Å²) in [5.41, 5.74) is 1.75. The predicted octanol–water partition coefficient (Wildman–Crippen LogP) is 4.36. The number of rotatable bonds is 4. The molecule has 0 atom stereocenters. The summed E-state index contributed by atoms with van der Waals surface area (Å²) in [4.78, 5) is 19.9. The molecule has 0 unspecified atom stereocenters. The Labute approximate surface area is 158 Å². The maximum atomic E-state index is 12.8. The highest BCUT2D eigenvalue weighted by atomic mass is 19.4. The van der Waals surface area contributed by atoms with E-state index in [-0.39, 0.29) is 5.82 Å². The minimum Gasteiger partial charge on any atom is -0.354 e. The number of fused-ring (bicyclic) bond motifs is 1. The highest BCUT2D eigenvalue weighted by Gasteiger charge is 2.32. The van der Waals surface area contributed by atoms with Gasteiger partial charge in [0.2, 0.25) is 0 Å². The molecule has 0 amide bonds. The maximum absolute atomic E-state index is 12.8. The second-order valence-corrected chi connectivity index (χ2v) is 6.52. The van der Waals surface area contributed by atoms with Crippen molar-refractivity contribution in [1.29, 1.82) is 0 Å². The lowest BCUT2D eigenvalue weighted by Crippen LogP contribution is -2.21. The molecule has 2 aromatic rings. The molecular weight excluding hydrogens is 367 g/mol. The van der Waals surface area contributed by atoms with Crippen LogP contribution in [0.3, 0.4) is 0 Å². The van der Waals surface area contributed by atoms with Crippen LogP contribution in [-0.2, 0) is 12.8 Å². The Morgan fingerprint density at radius 1 is 0.964 bits per heavy atom. The van der Waals surface area contributed by atoms with E-state index in [1.165, 1.54) is 10.8 Å². The molecule has 0 saturated carbocycles. The fourth-order valence-corrected chi connectivity index (χ4v) is 3.17. The number of aromatic amines is 1. The Bertz CT molecular complexity index is 1120. The van der Waals surface area contributed by atoms with Crippen molar-refractivity contribution in [3.8, 4) is 17.1 Å². The first-order valence-electron chi connectivity index (χ1n) is 8.70. The van der Waals surface area contributed by atoms with E-state index in [0.717, 1.165) is 11.1 Å². The van der Waals surface area contributed by atoms with Crippen LogP contribution in [0.4, 0.5) is 13.2 Å². The zero-order chi connectivity index (χ0) is 19.7. The average Bonchev–Trinajstić information content (AvgIpc) is 2.98. The monoisotopic (exact) mass is 383 g/mol. The first kappa shape index (κ1) is 18.0. The molecule has 0 aliphatic carbocycles. The van der Waals surface area contributed by atoms with Gasteiger partial charge in [-0.05, 0) is 11.1 Å². The van der Waals surface area contributed by atoms with Gasteiger partial charge in [-0.1, -0.05) is 60.7 Å². The van der Waals surface area contributed by atoms with Crippen molar-refractivity contribution >= 4 is 0 Å². The summed E-state index contributed by atoms with van der Waals surface area (Å²) < 4.78 is 39.7. The molecule has 7 heteroatoms. The van der Waals surface area contributed by atoms with Crippen LogP contribution in [0.25, 0.3) is 17.1 Å². The zero-order valence-corrected chi connectivity index (χ0v) is 14.7. The fraction of sp³-hybridized carbons (Fsp3) is 0.143. The van der Waals surface area contributed by atoms with E-state index < -0.39 is 23.9 Å². The summed E-state index contributed by atoms with van der Waals surface area (Å²) in [6.07, 6.45) is -3.93. The van der Waals surface area contributed by atoms with Crippen LogP contribution in [0.2, 0.25) is 0 Å². The minimum atomic E-state index is -4.50. The number of nitrogens with zero attached hydrogens (tertiary/aromatic N) is 2. The van der Waals surface area contributed by atoms with Crippen LogP contribution in [0.5, 0.6) is 0 Å². The van der Waals surface area contributed by atoms with Gasteiger partial charge in [-0.2, -0.15) is 13.2 Å². The number of benzene rings is 2. The Morgan fingerprint density at radius 2 is 1.61 bits per heavy atom. The Hall–Kier alpha value is -3.35. The third kappa shape index (κ3) is 3.69. The summed E-state index contributed by atoms with van der Waals surface area (Å²) in [5, 5.41) is 0. The highest BCUT2D eigenvalue weighted by Crippen LogP contribution is 2.25. The third-order valence-electron chi connectivity index (χ3n) is 4.42. The molecule has 2 aliphatic rings. The molecule has 0 spiro atoms. The molecule has 4 nitrogen and oxygen atoms in total. The van der Waals surface area contributed by atoms with Gasteiger partial charge in [0.25, 0.3) is 5.56 Å². The predicted molar refractivity (Wildman–Crippen MR) is 99.8 cm³/mol. The van der Waals surface area contributed by atoms with Crippen molar-refractivity contribution in [1.82, 2.24) is 14.5 Å². The van der Waals surface area contributed by atoms with Crippen LogP contribution < -0.4 is 5.56 Å². The number of aromatic nitrogens is 3. The summed E-state index contributed by atoms with van der Waals surface area (Å²) >= 11 is 0. The van der Waals surface area contributed by atoms with Crippen molar-refractivity contribution in [2.45, 2.75) is 19.0 Å². The van der Waals surface area contributed by atoms with Crippen LogP contribution in [0, 0.1) is 0 Å². The van der Waals surface area contributed by atoms with Gasteiger partial charge in [-0.3, -0.25) is 9.36 Å². The lowest BCUT2D eigenvalue weighted by Gasteiger charge is -2.13. The molecule has 1 N–H and O–H groups in total. The average molecular weight is 383 g/mol. The molecule has 0 radical (unpaired) electrons. The smallest absolute Gasteiger partial charge is 0.354 e. The van der Waals surface area contributed by atoms with Crippen molar-refractivity contribution in [3.63, 3.8) is 0 Å². The quantitative estimate of drug-likeness (QED) is 0.569. The molecule has 2 aromatic carbocycles. The van der Waals surface area contributed by atoms with Crippen molar-refractivity contribution in [3.05, 3.63) is 94.2 Å². The standard InChI is InChI=1S/C21H16F3N3O/c22-21(23,24)12-17-20(28)27-13-18(15-9-5-2-6-10-15)25-16(19(27)26-17)11-14-7-3-1-4-8-14/h1-10,13,25H,11-12H2. The Balaban J connectivity index is 1.89. The summed E-state index contributed by atoms with van der Waals surface area (Å²) in [7, 11) is 0. The fourth-order valence-electron chi connectivity index (χ4n) is 3.17. The molecule has 0 fully saturated rings. The zero-order valence-electron chi connectivity index (χ0n) is 14.7. The molecule has 0 aromatic heterocycles. The van der Waals surface area contributed by atoms with Crippen LogP contribution >= 0.6 is 0 Å². The lowest BCUT2D eigenvalue weighted by atomic mass is 10.1. The van der Waals surface area contributed by atoms with Gasteiger partial charge in [0.15, 0.2) is 5.82 Å². The SMILES string of the molecule is O=c1c(CC(F)(F)F)nc2c(Cc3ccccc3)[nH]c(-c3ccccc3)cn1-2. The van der Waals surface area contributed by atoms with E-state index in [1.807, 2.05) is 60.7 Å². The number of alkyl halides is 3. The van der Waals surface area contributed by atoms with Crippen LogP contribution in [0.1, 0.15) is 17.0 Å². The number of imidazole rings is 1. The molecular formula is C21H16F3N3O. The number of H-pyrrole nitrogens is 1. The van der Waals surface area contributed by atoms with Crippen molar-refractivity contribution in [2.24, 2.45) is 0 Å². The van der Waals surface area contributed by atoms with Crippen LogP contribution in [-0.4, -0.2) is 20.7 Å². The van der Waals surface area contributed by atoms with Crippen molar-refractivity contribution < 1.29 is 13.2 Å². The van der Waals surface area contributed by atoms with Crippen LogP contribution in [0.15, 0.2) is 71.7 Å². The minimum absolute atomic E-state index is 0.216. The molecule has 142 valence electrons. The van der Waals surface area contributed by atoms with Gasteiger partial charge in [0.1, 0.15) is 5.69 Å². The molecule has 0 saturated heterocycles. The summed E-state index contributed by atoms with van der Waals surface area (Å²) in [6.45, 7) is 0. The lowest BCUT2D eigenvalue weighted by molar-refractivity contribution is -0.127. The molecule has 4 rings (SSSR count). The largest absolute Gasteiger partial charge is 0.394 e. The normalized spacial score (nSPS) is 11.8. The van der Waals surface area contributed by atoms with Gasteiger partial charge in [-0.15, -0.1) is 0 Å². The molecule has 2 heterocycles. The van der Waals surface area contributed by atoms with E-state index in [9.17, 15) is 18.0 Å². The number of hydrogen-bond acceptors (Lipinski definition) is 2. The van der Waals surface area contributed by atoms with Gasteiger partial charge in [0, 0.05) is 12.6 Å². The Kier molecular flexibility index (Phi) is 4.50. The summed E-state index contributed by atoms with van der Waals surface area (Å²) in [5.74, 6) is 0.216. The van der Waals surface area contributed by atoms with E-state index in [0.29, 0.717) is 17.8 Å². The maximum Gasteiger partial charge on any atom is 0.394 e. The molecule has 2 aliphatic heterocycles. The first-order valence-corrected chi connectivity index (χ1v) is 8.70. The Morgan fingerprint density at radius 3 is 2.25 bits per heavy atom. The van der Waals surface area contributed by atoms with E-state index in [1.54, 1.807) is 0 Å². The second kappa shape index (κ2) is 6.99. The first-order chi connectivity index (χ1) is 13.4. The van der Waals surface area contributed by atoms with Gasteiger partial charge in [-0.25, -0.2) is 4.98 Å². The summed E-state index contributed by atoms with van der Waals surface area (Å²) in [6, 6.07) is 18.8.